The van der Waals surface area contributed by atoms with Crippen molar-refractivity contribution in [2.24, 2.45) is 0 Å². The number of rotatable bonds is 6. The number of hydrogen-bond donors (Lipinski definition) is 2. The summed E-state index contributed by atoms with van der Waals surface area (Å²) in [5.41, 5.74) is 6.13. The van der Waals surface area contributed by atoms with E-state index in [2.05, 4.69) is 5.32 Å². The number of esters is 1. The third kappa shape index (κ3) is 5.11. The number of nitrogen functional groups attached to an aromatic ring is 1. The van der Waals surface area contributed by atoms with Crippen LogP contribution in [0.5, 0.6) is 11.5 Å². The average Bonchev–Trinajstić information content (AvgIpc) is 2.67. The zero-order valence-electron chi connectivity index (χ0n) is 14.6. The van der Waals surface area contributed by atoms with Crippen LogP contribution in [0.2, 0.25) is 5.02 Å². The fourth-order valence-corrected chi connectivity index (χ4v) is 2.25. The Hall–Kier alpha value is -3.26. The standard InChI is InChI=1S/C18H17ClN2O6/c1-25-11-5-3-10(4-6-11)17(23)21-16(22)9-27-18(24)12-7-13(19)14(20)8-15(12)26-2/h3-8H,9,20H2,1-2H3,(H,21,22,23). The van der Waals surface area contributed by atoms with Crippen molar-refractivity contribution < 1.29 is 28.6 Å². The van der Waals surface area contributed by atoms with Gasteiger partial charge in [0.15, 0.2) is 6.61 Å². The summed E-state index contributed by atoms with van der Waals surface area (Å²) in [6.07, 6.45) is 0. The van der Waals surface area contributed by atoms with Gasteiger partial charge in [0, 0.05) is 11.6 Å². The number of nitrogens with one attached hydrogen (secondary N) is 1. The molecule has 0 spiro atoms. The van der Waals surface area contributed by atoms with Crippen molar-refractivity contribution in [3.8, 4) is 11.5 Å². The topological polar surface area (TPSA) is 117 Å². The van der Waals surface area contributed by atoms with Crippen molar-refractivity contribution >= 4 is 35.1 Å². The first kappa shape index (κ1) is 20.1. The van der Waals surface area contributed by atoms with Gasteiger partial charge in [-0.2, -0.15) is 0 Å². The molecule has 0 saturated heterocycles. The summed E-state index contributed by atoms with van der Waals surface area (Å²) in [6.45, 7) is -0.661. The molecular formula is C18H17ClN2O6. The Kier molecular flexibility index (Phi) is 6.62. The number of benzene rings is 2. The second kappa shape index (κ2) is 8.91. The molecule has 0 fully saturated rings. The van der Waals surface area contributed by atoms with Gasteiger partial charge in [0.1, 0.15) is 17.1 Å². The van der Waals surface area contributed by atoms with E-state index in [4.69, 9.17) is 31.5 Å². The molecule has 2 aromatic rings. The van der Waals surface area contributed by atoms with Gasteiger partial charge in [-0.1, -0.05) is 11.6 Å². The quantitative estimate of drug-likeness (QED) is 0.570. The van der Waals surface area contributed by atoms with E-state index >= 15 is 0 Å². The number of imide groups is 1. The first-order valence-corrected chi connectivity index (χ1v) is 8.02. The van der Waals surface area contributed by atoms with Crippen LogP contribution in [0.25, 0.3) is 0 Å². The van der Waals surface area contributed by atoms with Crippen LogP contribution in [0.3, 0.4) is 0 Å². The maximum atomic E-state index is 12.1. The molecule has 2 amide bonds. The highest BCUT2D eigenvalue weighted by Crippen LogP contribution is 2.29. The largest absolute Gasteiger partial charge is 0.497 e. The van der Waals surface area contributed by atoms with E-state index < -0.39 is 24.4 Å². The molecule has 0 atom stereocenters. The van der Waals surface area contributed by atoms with Crippen molar-refractivity contribution in [2.75, 3.05) is 26.6 Å². The predicted molar refractivity (Wildman–Crippen MR) is 98.2 cm³/mol. The summed E-state index contributed by atoms with van der Waals surface area (Å²) in [5.74, 6) is -1.54. The Bertz CT molecular complexity index is 867. The van der Waals surface area contributed by atoms with Gasteiger partial charge in [0.05, 0.1) is 24.9 Å². The monoisotopic (exact) mass is 392 g/mol. The van der Waals surface area contributed by atoms with Gasteiger partial charge in [0.25, 0.3) is 11.8 Å². The number of nitrogens with two attached hydrogens (primary N) is 1. The lowest BCUT2D eigenvalue weighted by Gasteiger charge is -2.10. The SMILES string of the molecule is COc1ccc(C(=O)NC(=O)COC(=O)c2cc(Cl)c(N)cc2OC)cc1. The van der Waals surface area contributed by atoms with Crippen molar-refractivity contribution in [1.82, 2.24) is 5.32 Å². The highest BCUT2D eigenvalue weighted by atomic mass is 35.5. The molecule has 0 bridgehead atoms. The molecule has 0 unspecified atom stereocenters. The highest BCUT2D eigenvalue weighted by molar-refractivity contribution is 6.33. The summed E-state index contributed by atoms with van der Waals surface area (Å²) in [5, 5.41) is 2.26. The van der Waals surface area contributed by atoms with Crippen LogP contribution in [-0.4, -0.2) is 38.6 Å². The van der Waals surface area contributed by atoms with Gasteiger partial charge in [-0.05, 0) is 30.3 Å². The molecule has 2 rings (SSSR count). The molecule has 0 saturated carbocycles. The summed E-state index contributed by atoms with van der Waals surface area (Å²) in [7, 11) is 2.84. The Morgan fingerprint density at radius 3 is 2.33 bits per heavy atom. The van der Waals surface area contributed by atoms with E-state index in [0.29, 0.717) is 5.75 Å². The minimum Gasteiger partial charge on any atom is -0.497 e. The summed E-state index contributed by atoms with van der Waals surface area (Å²) < 4.78 is 14.9. The van der Waals surface area contributed by atoms with Crippen LogP contribution >= 0.6 is 11.6 Å². The van der Waals surface area contributed by atoms with Gasteiger partial charge < -0.3 is 19.9 Å². The van der Waals surface area contributed by atoms with Crippen molar-refractivity contribution in [2.45, 2.75) is 0 Å². The maximum absolute atomic E-state index is 12.1. The van der Waals surface area contributed by atoms with Gasteiger partial charge in [-0.25, -0.2) is 4.79 Å². The average molecular weight is 393 g/mol. The number of anilines is 1. The van der Waals surface area contributed by atoms with Crippen LogP contribution in [0.4, 0.5) is 5.69 Å². The molecule has 0 aliphatic heterocycles. The molecule has 0 aromatic heterocycles. The van der Waals surface area contributed by atoms with Gasteiger partial charge in [-0.15, -0.1) is 0 Å². The second-order valence-corrected chi connectivity index (χ2v) is 5.66. The van der Waals surface area contributed by atoms with E-state index in [9.17, 15) is 14.4 Å². The molecule has 142 valence electrons. The Labute approximate surface area is 160 Å². The van der Waals surface area contributed by atoms with Gasteiger partial charge in [0.2, 0.25) is 0 Å². The molecule has 0 aliphatic rings. The normalized spacial score (nSPS) is 10.0. The van der Waals surface area contributed by atoms with Crippen molar-refractivity contribution in [1.29, 1.82) is 0 Å². The number of amides is 2. The maximum Gasteiger partial charge on any atom is 0.342 e. The van der Waals surface area contributed by atoms with Crippen molar-refractivity contribution in [3.63, 3.8) is 0 Å². The van der Waals surface area contributed by atoms with E-state index in [-0.39, 0.29) is 27.6 Å². The lowest BCUT2D eigenvalue weighted by atomic mass is 10.2. The zero-order valence-corrected chi connectivity index (χ0v) is 15.3. The van der Waals surface area contributed by atoms with Gasteiger partial charge >= 0.3 is 5.97 Å². The first-order valence-electron chi connectivity index (χ1n) is 7.64. The summed E-state index contributed by atoms with van der Waals surface area (Å²) in [4.78, 5) is 36.0. The number of carbonyl (C=O) groups excluding carboxylic acids is 3. The van der Waals surface area contributed by atoms with E-state index in [1.54, 1.807) is 12.1 Å². The molecule has 27 heavy (non-hydrogen) atoms. The van der Waals surface area contributed by atoms with E-state index in [1.165, 1.54) is 38.5 Å². The van der Waals surface area contributed by atoms with Gasteiger partial charge in [-0.3, -0.25) is 14.9 Å². The third-order valence-electron chi connectivity index (χ3n) is 3.48. The minimum atomic E-state index is -0.846. The number of methoxy groups -OCH3 is 2. The third-order valence-corrected chi connectivity index (χ3v) is 3.81. The lowest BCUT2D eigenvalue weighted by Crippen LogP contribution is -2.34. The Morgan fingerprint density at radius 2 is 1.74 bits per heavy atom. The molecule has 9 heteroatoms. The smallest absolute Gasteiger partial charge is 0.342 e. The fraction of sp³-hybridized carbons (Fsp3) is 0.167. The van der Waals surface area contributed by atoms with Crippen LogP contribution < -0.4 is 20.5 Å². The molecule has 0 radical (unpaired) electrons. The molecule has 0 heterocycles. The highest BCUT2D eigenvalue weighted by Gasteiger charge is 2.18. The van der Waals surface area contributed by atoms with E-state index in [1.807, 2.05) is 0 Å². The van der Waals surface area contributed by atoms with E-state index in [0.717, 1.165) is 0 Å². The van der Waals surface area contributed by atoms with Crippen molar-refractivity contribution in [3.05, 3.63) is 52.5 Å². The molecule has 0 aliphatic carbocycles. The second-order valence-electron chi connectivity index (χ2n) is 5.26. The Balaban J connectivity index is 1.95. The lowest BCUT2D eigenvalue weighted by molar-refractivity contribution is -0.123. The predicted octanol–water partition coefficient (Wildman–Crippen LogP) is 2.05. The molecular weight excluding hydrogens is 376 g/mol. The number of carbonyl (C=O) groups is 3. The zero-order chi connectivity index (χ0) is 20.0. The van der Waals surface area contributed by atoms with Crippen LogP contribution in [-0.2, 0) is 9.53 Å². The number of ether oxygens (including phenoxy) is 3. The minimum absolute atomic E-state index is 0.00554. The van der Waals surface area contributed by atoms with Crippen LogP contribution in [0.15, 0.2) is 36.4 Å². The van der Waals surface area contributed by atoms with Crippen LogP contribution in [0.1, 0.15) is 20.7 Å². The first-order chi connectivity index (χ1) is 12.8. The summed E-state index contributed by atoms with van der Waals surface area (Å²) >= 11 is 5.89. The Morgan fingerprint density at radius 1 is 1.07 bits per heavy atom. The fourth-order valence-electron chi connectivity index (χ4n) is 2.08. The number of halogens is 1. The number of hydrogen-bond acceptors (Lipinski definition) is 7. The molecule has 3 N–H and O–H groups in total. The molecule has 8 nitrogen and oxygen atoms in total. The summed E-state index contributed by atoms with van der Waals surface area (Å²) in [6, 6.07) is 8.79. The van der Waals surface area contributed by atoms with Crippen LogP contribution in [0, 0.1) is 0 Å². The molecule has 2 aromatic carbocycles.